The van der Waals surface area contributed by atoms with E-state index in [-0.39, 0.29) is 5.78 Å². The maximum absolute atomic E-state index is 14.2. The first kappa shape index (κ1) is 58.6. The Morgan fingerprint density at radius 2 is 0.676 bits per heavy atom. The molecule has 6 aromatic rings. The van der Waals surface area contributed by atoms with Crippen LogP contribution in [0, 0.1) is 0 Å². The average molecular weight is 1160 g/mol. The first-order chi connectivity index (χ1) is 33.6. The van der Waals surface area contributed by atoms with E-state index in [1.54, 1.807) is 12.4 Å². The first-order valence-electron chi connectivity index (χ1n) is 19.9. The lowest BCUT2D eigenvalue weighted by Gasteiger charge is -2.46. The van der Waals surface area contributed by atoms with Crippen LogP contribution in [0.3, 0.4) is 0 Å². The van der Waals surface area contributed by atoms with Crippen molar-refractivity contribution in [3.05, 3.63) is 177 Å². The summed E-state index contributed by atoms with van der Waals surface area (Å²) in [5.41, 5.74) is -28.5. The average Bonchev–Trinajstić information content (AvgIpc) is 3.27. The topological polar surface area (TPSA) is 33.8 Å². The molecule has 0 bridgehead atoms. The Labute approximate surface area is 407 Å². The van der Waals surface area contributed by atoms with E-state index in [0.717, 1.165) is 11.3 Å². The molecule has 3 nitrogen and oxygen atoms in total. The van der Waals surface area contributed by atoms with Crippen LogP contribution < -0.4 is 26.4 Å². The monoisotopic (exact) mass is 1150 g/mol. The molecule has 29 heteroatoms. The highest BCUT2D eigenvalue weighted by Crippen LogP contribution is 2.41. The zero-order valence-electron chi connectivity index (χ0n) is 35.8. The summed E-state index contributed by atoms with van der Waals surface area (Å²) in [6.07, 6.45) is -49.5. The van der Waals surface area contributed by atoms with Crippen molar-refractivity contribution in [3.8, 4) is 0 Å². The Kier molecular flexibility index (Phi) is 16.2. The zero-order valence-corrected chi connectivity index (χ0v) is 37.4. The largest absolute Gasteiger partial charge is 0.416 e. The summed E-state index contributed by atoms with van der Waals surface area (Å²) in [5, 5.41) is 0.683. The molecule has 0 spiro atoms. The van der Waals surface area contributed by atoms with E-state index in [4.69, 9.17) is 0 Å². The van der Waals surface area contributed by atoms with E-state index in [1.807, 2.05) is 41.1 Å². The van der Waals surface area contributed by atoms with Crippen LogP contribution in [-0.2, 0) is 61.3 Å². The van der Waals surface area contributed by atoms with Gasteiger partial charge < -0.3 is 0 Å². The number of aromatic nitrogens is 2. The second kappa shape index (κ2) is 20.4. The number of carbonyl (C=O) groups is 1. The smallest absolute Gasteiger partial charge is 0.287 e. The fourth-order valence-corrected chi connectivity index (χ4v) is 8.09. The van der Waals surface area contributed by atoms with E-state index in [1.165, 1.54) is 0 Å². The van der Waals surface area contributed by atoms with Crippen molar-refractivity contribution < 1.29 is 115 Å². The van der Waals surface area contributed by atoms with Gasteiger partial charge in [0, 0.05) is 5.56 Å². The number of rotatable bonds is 8. The lowest BCUT2D eigenvalue weighted by molar-refractivity contribution is -0.690. The van der Waals surface area contributed by atoms with Crippen molar-refractivity contribution in [2.24, 2.45) is 0 Å². The summed E-state index contributed by atoms with van der Waals surface area (Å²) in [7, 11) is 0. The lowest BCUT2D eigenvalue weighted by Crippen LogP contribution is -2.75. The normalized spacial score (nSPS) is 13.4. The minimum atomic E-state index is -6.13. The molecule has 398 valence electrons. The zero-order chi connectivity index (χ0) is 56.0. The molecule has 0 atom stereocenters. The third kappa shape index (κ3) is 13.5. The Morgan fingerprint density at radius 1 is 0.419 bits per heavy atom. The number of hydrogen-bond acceptors (Lipinski definition) is 2. The van der Waals surface area contributed by atoms with Gasteiger partial charge >= 0.3 is 49.4 Å². The van der Waals surface area contributed by atoms with Crippen LogP contribution in [0.15, 0.2) is 122 Å². The number of Topliss-reactive ketones (excluding diaryl/α,β-unsaturated/α-hetero) is 1. The van der Waals surface area contributed by atoms with Crippen molar-refractivity contribution in [2.75, 3.05) is 0 Å². The van der Waals surface area contributed by atoms with Gasteiger partial charge in [0.1, 0.15) is 6.15 Å². The molecule has 0 aliphatic rings. The molecule has 5 aromatic carbocycles. The van der Waals surface area contributed by atoms with Crippen LogP contribution in [0.4, 0.5) is 105 Å². The fourth-order valence-electron chi connectivity index (χ4n) is 7.62. The van der Waals surface area contributed by atoms with Gasteiger partial charge in [-0.3, -0.25) is 9.78 Å². The molecular formula is C45H24BBrF24N2O. The van der Waals surface area contributed by atoms with Gasteiger partial charge in [0.25, 0.3) is 0 Å². The van der Waals surface area contributed by atoms with Crippen LogP contribution in [0.1, 0.15) is 60.6 Å². The van der Waals surface area contributed by atoms with Crippen LogP contribution in [-0.4, -0.2) is 16.9 Å². The summed E-state index contributed by atoms with van der Waals surface area (Å²) in [5.74, 6) is 0.101. The Balaban J connectivity index is 0.000000500. The molecule has 0 fully saturated rings. The van der Waals surface area contributed by atoms with Gasteiger partial charge in [0.2, 0.25) is 18.0 Å². The van der Waals surface area contributed by atoms with E-state index >= 15 is 0 Å². The molecule has 1 heterocycles. The minimum Gasteiger partial charge on any atom is -0.287 e. The van der Waals surface area contributed by atoms with Gasteiger partial charge in [0.15, 0.2) is 6.20 Å². The predicted octanol–water partition coefficient (Wildman–Crippen LogP) is 13.4. The molecule has 6 rings (SSSR count). The van der Waals surface area contributed by atoms with E-state index in [9.17, 15) is 110 Å². The molecule has 0 saturated carbocycles. The molecule has 0 saturated heterocycles. The first-order valence-corrected chi connectivity index (χ1v) is 21.0. The highest BCUT2D eigenvalue weighted by atomic mass is 79.9. The van der Waals surface area contributed by atoms with Crippen molar-refractivity contribution in [1.82, 2.24) is 4.98 Å². The molecule has 1 aromatic heterocycles. The van der Waals surface area contributed by atoms with Gasteiger partial charge in [-0.15, -0.1) is 0 Å². The number of carbonyl (C=O) groups excluding carboxylic acids is 1. The molecule has 0 amide bonds. The van der Waals surface area contributed by atoms with Crippen molar-refractivity contribution >= 4 is 49.7 Å². The summed E-state index contributed by atoms with van der Waals surface area (Å²) < 4.78 is 343. The molecular weight excluding hydrogens is 1130 g/mol. The van der Waals surface area contributed by atoms with E-state index in [0.29, 0.717) is 11.9 Å². The molecule has 0 radical (unpaired) electrons. The molecule has 0 unspecified atom stereocenters. The number of halogens is 25. The number of alkyl halides is 25. The van der Waals surface area contributed by atoms with Crippen LogP contribution in [0.2, 0.25) is 0 Å². The Hall–Kier alpha value is -6.29. The highest BCUT2D eigenvalue weighted by molar-refractivity contribution is 9.08. The quantitative estimate of drug-likeness (QED) is 0.0500. The summed E-state index contributed by atoms with van der Waals surface area (Å²) >= 11 is 3.38. The van der Waals surface area contributed by atoms with Gasteiger partial charge in [0.05, 0.1) is 62.2 Å². The second-order valence-electron chi connectivity index (χ2n) is 15.8. The van der Waals surface area contributed by atoms with Gasteiger partial charge in [-0.1, -0.05) is 94.8 Å². The Bertz CT molecular complexity index is 2550. The number of nitrogens with zero attached hydrogens (tertiary/aromatic N) is 2. The van der Waals surface area contributed by atoms with Gasteiger partial charge in [-0.2, -0.15) is 132 Å². The highest BCUT2D eigenvalue weighted by Gasteiger charge is 2.47. The van der Waals surface area contributed by atoms with Gasteiger partial charge in [-0.25, -0.2) is 0 Å². The summed E-state index contributed by atoms with van der Waals surface area (Å²) in [4.78, 5) is 16.1. The fraction of sp³-hybridized carbons (Fsp3) is 0.222. The lowest BCUT2D eigenvalue weighted by atomic mass is 9.12. The third-order valence-corrected chi connectivity index (χ3v) is 11.5. The maximum Gasteiger partial charge on any atom is 0.416 e. The van der Waals surface area contributed by atoms with Crippen LogP contribution in [0.5, 0.6) is 0 Å². The third-order valence-electron chi connectivity index (χ3n) is 10.9. The maximum atomic E-state index is 14.2. The summed E-state index contributed by atoms with van der Waals surface area (Å²) in [6.45, 7) is 0.341. The van der Waals surface area contributed by atoms with Crippen molar-refractivity contribution in [2.45, 2.75) is 61.3 Å². The molecule has 0 aliphatic heterocycles. The van der Waals surface area contributed by atoms with Crippen LogP contribution >= 0.6 is 15.9 Å². The summed E-state index contributed by atoms with van der Waals surface area (Å²) in [6, 6.07) is 0.497. The molecule has 0 aliphatic carbocycles. The van der Waals surface area contributed by atoms with Crippen molar-refractivity contribution in [3.63, 3.8) is 0 Å². The van der Waals surface area contributed by atoms with E-state index < -0.39 is 195 Å². The Morgan fingerprint density at radius 3 is 0.905 bits per heavy atom. The SMILES string of the molecule is FC(F)(F)c1cc([B-](c2cc(C(F)(F)F)cc(C(F)(F)F)c2)(c2cc(C(F)(F)F)cc(C(F)(F)F)c2)c2cc(C(F)(F)F)cc(C(F)(F)F)c2)cc(C(F)(F)F)c1.O=C(C[n+]1ccncc1CBr)c1ccccc1. The number of benzene rings is 5. The predicted molar refractivity (Wildman–Crippen MR) is 218 cm³/mol. The minimum absolute atomic E-state index is 0.101. The van der Waals surface area contributed by atoms with E-state index in [2.05, 4.69) is 20.9 Å². The molecule has 0 N–H and O–H groups in total. The standard InChI is InChI=1S/C32H12BF24.C13H12BrN2O/c34-25(35,36)13-1-14(26(37,38)39)6-21(5-13)33(22-7-15(27(40,41)42)2-16(8-22)28(43,44)45,23-9-17(29(46,47)48)3-18(10-23)30(49,50)51)24-11-19(31(52,53)54)4-20(12-24)32(55,56)57;14-8-12-9-15-6-7-16(12)10-13(17)11-4-2-1-3-5-11/h1-12H;1-7,9H,8,10H2/q-1;+1. The molecule has 74 heavy (non-hydrogen) atoms. The van der Waals surface area contributed by atoms with Crippen LogP contribution in [0.25, 0.3) is 0 Å². The van der Waals surface area contributed by atoms with Crippen molar-refractivity contribution in [1.29, 1.82) is 0 Å². The van der Waals surface area contributed by atoms with Gasteiger partial charge in [-0.05, 0) is 24.3 Å². The second-order valence-corrected chi connectivity index (χ2v) is 16.4. The number of hydrogen-bond donors (Lipinski definition) is 0. The number of ketones is 1.